The van der Waals surface area contributed by atoms with Crippen molar-refractivity contribution >= 4 is 33.3 Å². The molecule has 1 aliphatic heterocycles. The first-order chi connectivity index (χ1) is 9.77. The third kappa shape index (κ3) is 3.00. The lowest BCUT2D eigenvalue weighted by Crippen LogP contribution is -2.30. The average molecular weight is 333 g/mol. The van der Waals surface area contributed by atoms with E-state index in [1.807, 2.05) is 6.92 Å². The molecule has 2 rings (SSSR count). The number of nitrogen functional groups attached to an aromatic ring is 1. The second-order valence-corrected chi connectivity index (χ2v) is 7.45. The van der Waals surface area contributed by atoms with Crippen LogP contribution >= 0.6 is 11.6 Å². The number of rotatable bonds is 3. The summed E-state index contributed by atoms with van der Waals surface area (Å²) in [7, 11) is -2.46. The van der Waals surface area contributed by atoms with E-state index in [9.17, 15) is 13.2 Å². The summed E-state index contributed by atoms with van der Waals surface area (Å²) in [5, 5.41) is 0.369. The highest BCUT2D eigenvalue weighted by atomic mass is 35.5. The quantitative estimate of drug-likeness (QED) is 0.666. The molecule has 6 nitrogen and oxygen atoms in total. The third-order valence-electron chi connectivity index (χ3n) is 3.67. The molecule has 116 valence electrons. The Morgan fingerprint density at radius 1 is 1.43 bits per heavy atom. The molecule has 2 N–H and O–H groups in total. The fourth-order valence-corrected chi connectivity index (χ4v) is 4.31. The van der Waals surface area contributed by atoms with Gasteiger partial charge in [0.15, 0.2) is 0 Å². The molecule has 1 aromatic rings. The van der Waals surface area contributed by atoms with Gasteiger partial charge in [-0.3, -0.25) is 4.79 Å². The van der Waals surface area contributed by atoms with Gasteiger partial charge in [-0.05, 0) is 24.1 Å². The predicted molar refractivity (Wildman–Crippen MR) is 79.3 cm³/mol. The molecular weight excluding hydrogens is 316 g/mol. The van der Waals surface area contributed by atoms with Gasteiger partial charge in [0.2, 0.25) is 10.0 Å². The lowest BCUT2D eigenvalue weighted by Gasteiger charge is -2.17. The lowest BCUT2D eigenvalue weighted by molar-refractivity contribution is -0.145. The number of ether oxygens (including phenoxy) is 1. The Morgan fingerprint density at radius 3 is 2.67 bits per heavy atom. The van der Waals surface area contributed by atoms with Gasteiger partial charge in [-0.25, -0.2) is 8.42 Å². The molecule has 0 aliphatic carbocycles. The van der Waals surface area contributed by atoms with Crippen LogP contribution < -0.4 is 5.73 Å². The first-order valence-electron chi connectivity index (χ1n) is 6.40. The second kappa shape index (κ2) is 5.82. The van der Waals surface area contributed by atoms with Crippen LogP contribution in [0.5, 0.6) is 0 Å². The van der Waals surface area contributed by atoms with Gasteiger partial charge in [-0.1, -0.05) is 18.5 Å². The number of hydrogen-bond donors (Lipinski definition) is 1. The van der Waals surface area contributed by atoms with Crippen LogP contribution in [0.3, 0.4) is 0 Å². The van der Waals surface area contributed by atoms with Crippen LogP contribution in [0, 0.1) is 11.8 Å². The van der Waals surface area contributed by atoms with Crippen LogP contribution in [-0.4, -0.2) is 38.9 Å². The van der Waals surface area contributed by atoms with Crippen molar-refractivity contribution in [1.82, 2.24) is 4.31 Å². The van der Waals surface area contributed by atoms with E-state index < -0.39 is 21.9 Å². The second-order valence-electron chi connectivity index (χ2n) is 5.11. The number of nitrogens with two attached hydrogens (primary N) is 1. The maximum atomic E-state index is 12.6. The highest BCUT2D eigenvalue weighted by molar-refractivity contribution is 7.89. The number of sulfonamides is 1. The SMILES string of the molecule is COC(=O)C1CN(S(=O)(=O)c2ccc(Cl)cc2N)CC1C. The summed E-state index contributed by atoms with van der Waals surface area (Å²) in [6.07, 6.45) is 0. The van der Waals surface area contributed by atoms with Crippen LogP contribution in [0.15, 0.2) is 23.1 Å². The molecular formula is C13H17ClN2O4S. The number of nitrogens with zero attached hydrogens (tertiary/aromatic N) is 1. The van der Waals surface area contributed by atoms with Crippen LogP contribution in [0.4, 0.5) is 5.69 Å². The summed E-state index contributed by atoms with van der Waals surface area (Å²) in [4.78, 5) is 11.7. The topological polar surface area (TPSA) is 89.7 Å². The van der Waals surface area contributed by atoms with Crippen molar-refractivity contribution in [1.29, 1.82) is 0 Å². The zero-order valence-corrected chi connectivity index (χ0v) is 13.3. The summed E-state index contributed by atoms with van der Waals surface area (Å²) in [5.74, 6) is -0.969. The van der Waals surface area contributed by atoms with Crippen molar-refractivity contribution in [3.8, 4) is 0 Å². The van der Waals surface area contributed by atoms with Gasteiger partial charge in [0.25, 0.3) is 0 Å². The molecule has 0 saturated carbocycles. The fraction of sp³-hybridized carbons (Fsp3) is 0.462. The van der Waals surface area contributed by atoms with Crippen LogP contribution in [0.25, 0.3) is 0 Å². The van der Waals surface area contributed by atoms with E-state index in [0.29, 0.717) is 5.02 Å². The van der Waals surface area contributed by atoms with E-state index in [4.69, 9.17) is 22.1 Å². The number of hydrogen-bond acceptors (Lipinski definition) is 5. The smallest absolute Gasteiger partial charge is 0.310 e. The van der Waals surface area contributed by atoms with E-state index in [0.717, 1.165) is 0 Å². The zero-order valence-electron chi connectivity index (χ0n) is 11.7. The molecule has 0 bridgehead atoms. The molecule has 1 aromatic carbocycles. The Labute approximate surface area is 128 Å². The largest absolute Gasteiger partial charge is 0.469 e. The Hall–Kier alpha value is -1.31. The Bertz CT molecular complexity index is 662. The standard InChI is InChI=1S/C13H17ClN2O4S/c1-8-6-16(7-10(8)13(17)20-2)21(18,19)12-4-3-9(14)5-11(12)15/h3-5,8,10H,6-7,15H2,1-2H3. The zero-order chi connectivity index (χ0) is 15.8. The summed E-state index contributed by atoms with van der Waals surface area (Å²) in [5.41, 5.74) is 5.84. The van der Waals surface area contributed by atoms with Gasteiger partial charge < -0.3 is 10.5 Å². The minimum Gasteiger partial charge on any atom is -0.469 e. The van der Waals surface area contributed by atoms with Gasteiger partial charge in [-0.2, -0.15) is 4.31 Å². The first-order valence-corrected chi connectivity index (χ1v) is 8.22. The van der Waals surface area contributed by atoms with Gasteiger partial charge in [-0.15, -0.1) is 0 Å². The molecule has 1 saturated heterocycles. The van der Waals surface area contributed by atoms with E-state index in [-0.39, 0.29) is 29.6 Å². The molecule has 2 atom stereocenters. The maximum absolute atomic E-state index is 12.6. The number of carbonyl (C=O) groups is 1. The molecule has 8 heteroatoms. The van der Waals surface area contributed by atoms with E-state index in [1.54, 1.807) is 0 Å². The Balaban J connectivity index is 2.31. The molecule has 2 unspecified atom stereocenters. The lowest BCUT2D eigenvalue weighted by atomic mass is 9.99. The van der Waals surface area contributed by atoms with Crippen molar-refractivity contribution in [2.24, 2.45) is 11.8 Å². The number of halogens is 1. The average Bonchev–Trinajstić information content (AvgIpc) is 2.80. The molecule has 1 fully saturated rings. The maximum Gasteiger partial charge on any atom is 0.310 e. The predicted octanol–water partition coefficient (Wildman–Crippen LogP) is 1.35. The minimum absolute atomic E-state index is 0.00427. The summed E-state index contributed by atoms with van der Waals surface area (Å²) in [6.45, 7) is 2.17. The molecule has 21 heavy (non-hydrogen) atoms. The number of anilines is 1. The number of esters is 1. The number of carbonyl (C=O) groups excluding carboxylic acids is 1. The van der Waals surface area contributed by atoms with Crippen LogP contribution in [0.1, 0.15) is 6.92 Å². The minimum atomic E-state index is -3.75. The molecule has 1 heterocycles. The van der Waals surface area contributed by atoms with Crippen molar-refractivity contribution in [3.63, 3.8) is 0 Å². The summed E-state index contributed by atoms with van der Waals surface area (Å²) in [6, 6.07) is 4.25. The van der Waals surface area contributed by atoms with Crippen LogP contribution in [0.2, 0.25) is 5.02 Å². The van der Waals surface area contributed by atoms with E-state index >= 15 is 0 Å². The highest BCUT2D eigenvalue weighted by Crippen LogP contribution is 2.32. The van der Waals surface area contributed by atoms with Crippen LogP contribution in [-0.2, 0) is 19.6 Å². The third-order valence-corrected chi connectivity index (χ3v) is 5.81. The molecule has 0 spiro atoms. The van der Waals surface area contributed by atoms with Gasteiger partial charge in [0, 0.05) is 18.1 Å². The molecule has 0 radical (unpaired) electrons. The van der Waals surface area contributed by atoms with Crippen molar-refractivity contribution in [2.45, 2.75) is 11.8 Å². The number of methoxy groups -OCH3 is 1. The normalized spacial score (nSPS) is 23.2. The van der Waals surface area contributed by atoms with Gasteiger partial charge >= 0.3 is 5.97 Å². The Morgan fingerprint density at radius 2 is 2.10 bits per heavy atom. The molecule has 0 amide bonds. The number of benzene rings is 1. The molecule has 0 aromatic heterocycles. The van der Waals surface area contributed by atoms with E-state index in [2.05, 4.69) is 0 Å². The molecule has 1 aliphatic rings. The van der Waals surface area contributed by atoms with Gasteiger partial charge in [0.05, 0.1) is 18.7 Å². The first kappa shape index (κ1) is 16.1. The van der Waals surface area contributed by atoms with E-state index in [1.165, 1.54) is 29.6 Å². The van der Waals surface area contributed by atoms with Gasteiger partial charge in [0.1, 0.15) is 4.90 Å². The fourth-order valence-electron chi connectivity index (χ4n) is 2.47. The van der Waals surface area contributed by atoms with Crippen molar-refractivity contribution in [2.75, 3.05) is 25.9 Å². The monoisotopic (exact) mass is 332 g/mol. The summed E-state index contributed by atoms with van der Waals surface area (Å²) < 4.78 is 31.2. The highest BCUT2D eigenvalue weighted by Gasteiger charge is 2.41. The van der Waals surface area contributed by atoms with Crippen molar-refractivity contribution < 1.29 is 17.9 Å². The Kier molecular flexibility index (Phi) is 4.46. The van der Waals surface area contributed by atoms with Crippen molar-refractivity contribution in [3.05, 3.63) is 23.2 Å². The summed E-state index contributed by atoms with van der Waals surface area (Å²) >= 11 is 5.78.